The van der Waals surface area contributed by atoms with Crippen molar-refractivity contribution in [3.8, 4) is 6.07 Å². The Morgan fingerprint density at radius 3 is 2.60 bits per heavy atom. The van der Waals surface area contributed by atoms with Gasteiger partial charge in [-0.25, -0.2) is 4.68 Å². The average molecular weight is 268 g/mol. The molecular weight excluding hydrogens is 258 g/mol. The molecule has 0 unspecified atom stereocenters. The second kappa shape index (κ2) is 5.02. The standard InChI is InChI=1S/C8H9Cl3N4/c1-2-3-4-15-6(5-12)7(13-14-15)8(9,10)11/h2-4H2,1H3. The van der Waals surface area contributed by atoms with Crippen molar-refractivity contribution in [1.82, 2.24) is 15.0 Å². The minimum absolute atomic E-state index is 0.0890. The Morgan fingerprint density at radius 1 is 1.47 bits per heavy atom. The zero-order valence-electron chi connectivity index (χ0n) is 8.04. The van der Waals surface area contributed by atoms with Gasteiger partial charge in [0.25, 0.3) is 0 Å². The SMILES string of the molecule is CCCCn1nnc(C(Cl)(Cl)Cl)c1C#N. The minimum atomic E-state index is -1.70. The van der Waals surface area contributed by atoms with Crippen LogP contribution in [0.2, 0.25) is 0 Å². The van der Waals surface area contributed by atoms with Crippen LogP contribution in [0.15, 0.2) is 0 Å². The number of hydrogen-bond acceptors (Lipinski definition) is 3. The summed E-state index contributed by atoms with van der Waals surface area (Å²) < 4.78 is -0.240. The Labute approximate surface area is 103 Å². The van der Waals surface area contributed by atoms with E-state index in [-0.39, 0.29) is 11.4 Å². The van der Waals surface area contributed by atoms with Crippen LogP contribution in [-0.4, -0.2) is 15.0 Å². The molecule has 1 aromatic heterocycles. The third-order valence-corrected chi connectivity index (χ3v) is 2.37. The molecular formula is C8H9Cl3N4. The van der Waals surface area contributed by atoms with E-state index in [1.807, 2.05) is 13.0 Å². The van der Waals surface area contributed by atoms with Gasteiger partial charge in [0, 0.05) is 6.54 Å². The van der Waals surface area contributed by atoms with Crippen LogP contribution in [0.25, 0.3) is 0 Å². The molecule has 0 aliphatic rings. The van der Waals surface area contributed by atoms with Crippen molar-refractivity contribution < 1.29 is 0 Å². The van der Waals surface area contributed by atoms with Crippen molar-refractivity contribution in [1.29, 1.82) is 5.26 Å². The highest BCUT2D eigenvalue weighted by molar-refractivity contribution is 6.66. The van der Waals surface area contributed by atoms with E-state index in [0.29, 0.717) is 6.54 Å². The molecule has 82 valence electrons. The van der Waals surface area contributed by atoms with Crippen molar-refractivity contribution in [2.45, 2.75) is 30.1 Å². The largest absolute Gasteiger partial charge is 0.237 e. The molecule has 1 heterocycles. The Kier molecular flexibility index (Phi) is 4.21. The summed E-state index contributed by atoms with van der Waals surface area (Å²) >= 11 is 17.0. The summed E-state index contributed by atoms with van der Waals surface area (Å²) in [7, 11) is 0. The first-order chi connectivity index (χ1) is 7.00. The number of nitriles is 1. The molecule has 0 amide bonds. The van der Waals surface area contributed by atoms with Gasteiger partial charge in [0.05, 0.1) is 0 Å². The third-order valence-electron chi connectivity index (χ3n) is 1.83. The molecule has 7 heteroatoms. The fourth-order valence-electron chi connectivity index (χ4n) is 1.08. The number of aryl methyl sites for hydroxylation is 1. The van der Waals surface area contributed by atoms with E-state index in [1.54, 1.807) is 0 Å². The lowest BCUT2D eigenvalue weighted by Gasteiger charge is -2.06. The molecule has 1 rings (SSSR count). The van der Waals surface area contributed by atoms with Gasteiger partial charge in [-0.05, 0) is 6.42 Å². The average Bonchev–Trinajstić information content (AvgIpc) is 2.56. The molecule has 0 aliphatic heterocycles. The fraction of sp³-hybridized carbons (Fsp3) is 0.625. The first-order valence-electron chi connectivity index (χ1n) is 4.41. The lowest BCUT2D eigenvalue weighted by molar-refractivity contribution is 0.548. The fourth-order valence-corrected chi connectivity index (χ4v) is 1.46. The molecule has 0 saturated carbocycles. The number of aromatic nitrogens is 3. The molecule has 4 nitrogen and oxygen atoms in total. The van der Waals surface area contributed by atoms with Gasteiger partial charge in [-0.3, -0.25) is 0 Å². The number of halogens is 3. The van der Waals surface area contributed by atoms with Crippen LogP contribution in [0.1, 0.15) is 31.2 Å². The van der Waals surface area contributed by atoms with Crippen LogP contribution in [0.4, 0.5) is 0 Å². The van der Waals surface area contributed by atoms with Crippen molar-refractivity contribution in [2.24, 2.45) is 0 Å². The van der Waals surface area contributed by atoms with Crippen LogP contribution in [-0.2, 0) is 10.3 Å². The van der Waals surface area contributed by atoms with E-state index >= 15 is 0 Å². The molecule has 0 fully saturated rings. The van der Waals surface area contributed by atoms with Crippen LogP contribution in [0, 0.1) is 11.3 Å². The summed E-state index contributed by atoms with van der Waals surface area (Å²) in [5, 5.41) is 16.4. The van der Waals surface area contributed by atoms with E-state index in [1.165, 1.54) is 4.68 Å². The molecule has 0 bridgehead atoms. The van der Waals surface area contributed by atoms with Gasteiger partial charge in [0.15, 0.2) is 11.4 Å². The number of nitrogens with zero attached hydrogens (tertiary/aromatic N) is 4. The number of hydrogen-bond donors (Lipinski definition) is 0. The van der Waals surface area contributed by atoms with Crippen LogP contribution < -0.4 is 0 Å². The van der Waals surface area contributed by atoms with Crippen LogP contribution >= 0.6 is 34.8 Å². The predicted molar refractivity (Wildman–Crippen MR) is 58.9 cm³/mol. The van der Waals surface area contributed by atoms with E-state index in [9.17, 15) is 0 Å². The topological polar surface area (TPSA) is 54.5 Å². The van der Waals surface area contributed by atoms with Crippen molar-refractivity contribution >= 4 is 34.8 Å². The van der Waals surface area contributed by atoms with Gasteiger partial charge in [-0.1, -0.05) is 53.4 Å². The van der Waals surface area contributed by atoms with Crippen molar-refractivity contribution in [2.75, 3.05) is 0 Å². The zero-order chi connectivity index (χ0) is 11.5. The smallest absolute Gasteiger partial charge is 0.234 e. The molecule has 0 atom stereocenters. The van der Waals surface area contributed by atoms with E-state index in [4.69, 9.17) is 40.1 Å². The van der Waals surface area contributed by atoms with Gasteiger partial charge in [0.2, 0.25) is 3.79 Å². The van der Waals surface area contributed by atoms with E-state index in [2.05, 4.69) is 10.3 Å². The summed E-state index contributed by atoms with van der Waals surface area (Å²) in [6, 6.07) is 1.94. The summed E-state index contributed by atoms with van der Waals surface area (Å²) in [6.07, 6.45) is 1.89. The summed E-state index contributed by atoms with van der Waals surface area (Å²) in [5.41, 5.74) is 0.301. The molecule has 0 N–H and O–H groups in total. The van der Waals surface area contributed by atoms with Gasteiger partial charge in [-0.2, -0.15) is 5.26 Å². The van der Waals surface area contributed by atoms with Crippen LogP contribution in [0.3, 0.4) is 0 Å². The molecule has 15 heavy (non-hydrogen) atoms. The molecule has 0 aliphatic carbocycles. The summed E-state index contributed by atoms with van der Waals surface area (Å²) in [5.74, 6) is 0. The highest BCUT2D eigenvalue weighted by atomic mass is 35.6. The third kappa shape index (κ3) is 2.97. The minimum Gasteiger partial charge on any atom is -0.234 e. The molecule has 0 spiro atoms. The highest BCUT2D eigenvalue weighted by Crippen LogP contribution is 2.38. The first-order valence-corrected chi connectivity index (χ1v) is 5.54. The predicted octanol–water partition coefficient (Wildman–Crippen LogP) is 2.78. The lowest BCUT2D eigenvalue weighted by atomic mass is 10.3. The first kappa shape index (κ1) is 12.6. The van der Waals surface area contributed by atoms with Crippen LogP contribution in [0.5, 0.6) is 0 Å². The van der Waals surface area contributed by atoms with E-state index in [0.717, 1.165) is 12.8 Å². The number of alkyl halides is 3. The maximum Gasteiger partial charge on any atom is 0.237 e. The summed E-state index contributed by atoms with van der Waals surface area (Å²) in [6.45, 7) is 2.64. The maximum absolute atomic E-state index is 8.92. The normalized spacial score (nSPS) is 11.4. The monoisotopic (exact) mass is 266 g/mol. The molecule has 0 radical (unpaired) electrons. The number of rotatable bonds is 3. The van der Waals surface area contributed by atoms with Gasteiger partial charge in [-0.15, -0.1) is 5.10 Å². The Hall–Kier alpha value is -0.500. The maximum atomic E-state index is 8.92. The Bertz CT molecular complexity index is 374. The van der Waals surface area contributed by atoms with Gasteiger partial charge >= 0.3 is 0 Å². The van der Waals surface area contributed by atoms with Gasteiger partial charge in [0.1, 0.15) is 6.07 Å². The highest BCUT2D eigenvalue weighted by Gasteiger charge is 2.31. The molecule has 0 aromatic carbocycles. The van der Waals surface area contributed by atoms with Gasteiger partial charge < -0.3 is 0 Å². The van der Waals surface area contributed by atoms with Crippen molar-refractivity contribution in [3.63, 3.8) is 0 Å². The lowest BCUT2D eigenvalue weighted by Crippen LogP contribution is -2.07. The number of unbranched alkanes of at least 4 members (excludes halogenated alkanes) is 1. The molecule has 1 aromatic rings. The Morgan fingerprint density at radius 2 is 2.13 bits per heavy atom. The Balaban J connectivity index is 3.02. The van der Waals surface area contributed by atoms with E-state index < -0.39 is 3.79 Å². The second-order valence-electron chi connectivity index (χ2n) is 2.97. The quantitative estimate of drug-likeness (QED) is 0.791. The second-order valence-corrected chi connectivity index (χ2v) is 5.25. The zero-order valence-corrected chi connectivity index (χ0v) is 10.3. The summed E-state index contributed by atoms with van der Waals surface area (Å²) in [4.78, 5) is 0. The van der Waals surface area contributed by atoms with Crippen molar-refractivity contribution in [3.05, 3.63) is 11.4 Å². The molecule has 0 saturated heterocycles.